The van der Waals surface area contributed by atoms with Gasteiger partial charge in [-0.25, -0.2) is 0 Å². The summed E-state index contributed by atoms with van der Waals surface area (Å²) in [5.41, 5.74) is 0. The van der Waals surface area contributed by atoms with Crippen LogP contribution in [-0.2, 0) is 4.79 Å². The van der Waals surface area contributed by atoms with Gasteiger partial charge in [-0.05, 0) is 31.6 Å². The molecule has 0 aliphatic heterocycles. The standard InChI is InChI=1S/C19H40N2O/c1-5-7-9-11-15-21(16-12-10-8-6-2)19(20-17-22)14-13-18(3)4/h17-19H,5-16H2,1-4H3,(H,20,22). The molecule has 0 aliphatic carbocycles. The first kappa shape index (κ1) is 21.4. The van der Waals surface area contributed by atoms with Crippen molar-refractivity contribution in [2.24, 2.45) is 5.92 Å². The Morgan fingerprint density at radius 2 is 1.41 bits per heavy atom. The molecular formula is C19H40N2O. The fourth-order valence-electron chi connectivity index (χ4n) is 2.85. The third-order valence-electron chi connectivity index (χ3n) is 4.32. The number of unbranched alkanes of at least 4 members (excludes halogenated alkanes) is 6. The van der Waals surface area contributed by atoms with Crippen molar-refractivity contribution in [1.29, 1.82) is 0 Å². The molecule has 0 aliphatic rings. The normalized spacial score (nSPS) is 12.8. The third kappa shape index (κ3) is 12.0. The van der Waals surface area contributed by atoms with Crippen LogP contribution in [0.15, 0.2) is 0 Å². The van der Waals surface area contributed by atoms with Crippen molar-refractivity contribution in [3.05, 3.63) is 0 Å². The SMILES string of the molecule is CCCCCCN(CCCCCC)C(CCC(C)C)NC=O. The fourth-order valence-corrected chi connectivity index (χ4v) is 2.85. The molecule has 132 valence electrons. The van der Waals surface area contributed by atoms with E-state index >= 15 is 0 Å². The van der Waals surface area contributed by atoms with Crippen LogP contribution >= 0.6 is 0 Å². The first-order valence-corrected chi connectivity index (χ1v) is 9.59. The monoisotopic (exact) mass is 312 g/mol. The zero-order chi connectivity index (χ0) is 16.6. The van der Waals surface area contributed by atoms with Gasteiger partial charge < -0.3 is 5.32 Å². The highest BCUT2D eigenvalue weighted by Crippen LogP contribution is 2.13. The highest BCUT2D eigenvalue weighted by molar-refractivity contribution is 5.46. The molecule has 22 heavy (non-hydrogen) atoms. The Hall–Kier alpha value is -0.570. The van der Waals surface area contributed by atoms with Crippen LogP contribution < -0.4 is 5.32 Å². The smallest absolute Gasteiger partial charge is 0.208 e. The van der Waals surface area contributed by atoms with Crippen molar-refractivity contribution in [1.82, 2.24) is 10.2 Å². The van der Waals surface area contributed by atoms with Crippen LogP contribution in [-0.4, -0.2) is 30.6 Å². The number of carbonyl (C=O) groups is 1. The van der Waals surface area contributed by atoms with E-state index in [0.29, 0.717) is 5.92 Å². The van der Waals surface area contributed by atoms with Crippen LogP contribution in [0, 0.1) is 5.92 Å². The van der Waals surface area contributed by atoms with Crippen LogP contribution in [0.5, 0.6) is 0 Å². The Labute approximate surface area is 139 Å². The van der Waals surface area contributed by atoms with Crippen molar-refractivity contribution < 1.29 is 4.79 Å². The maximum atomic E-state index is 11.0. The summed E-state index contributed by atoms with van der Waals surface area (Å²) in [7, 11) is 0. The molecule has 0 heterocycles. The van der Waals surface area contributed by atoms with Gasteiger partial charge in [0.1, 0.15) is 0 Å². The largest absolute Gasteiger partial charge is 0.343 e. The van der Waals surface area contributed by atoms with E-state index in [1.807, 2.05) is 0 Å². The van der Waals surface area contributed by atoms with Gasteiger partial charge in [0.2, 0.25) is 6.41 Å². The lowest BCUT2D eigenvalue weighted by Crippen LogP contribution is -2.46. The molecule has 0 saturated carbocycles. The van der Waals surface area contributed by atoms with E-state index in [1.165, 1.54) is 57.8 Å². The molecule has 0 aromatic rings. The van der Waals surface area contributed by atoms with E-state index < -0.39 is 0 Å². The van der Waals surface area contributed by atoms with Gasteiger partial charge in [0.05, 0.1) is 6.17 Å². The summed E-state index contributed by atoms with van der Waals surface area (Å²) in [5, 5.41) is 3.07. The summed E-state index contributed by atoms with van der Waals surface area (Å²) in [5.74, 6) is 0.693. The number of amides is 1. The average molecular weight is 313 g/mol. The van der Waals surface area contributed by atoms with Gasteiger partial charge in [-0.15, -0.1) is 0 Å². The Bertz CT molecular complexity index is 232. The van der Waals surface area contributed by atoms with E-state index in [9.17, 15) is 4.79 Å². The van der Waals surface area contributed by atoms with Crippen LogP contribution in [0.3, 0.4) is 0 Å². The molecule has 3 nitrogen and oxygen atoms in total. The predicted molar refractivity (Wildman–Crippen MR) is 96.9 cm³/mol. The minimum absolute atomic E-state index is 0.225. The number of hydrogen-bond donors (Lipinski definition) is 1. The van der Waals surface area contributed by atoms with Crippen molar-refractivity contribution in [2.75, 3.05) is 13.1 Å². The summed E-state index contributed by atoms with van der Waals surface area (Å²) in [6.07, 6.45) is 13.7. The minimum Gasteiger partial charge on any atom is -0.343 e. The summed E-state index contributed by atoms with van der Waals surface area (Å²) in [6.45, 7) is 11.3. The van der Waals surface area contributed by atoms with Crippen LogP contribution in [0.2, 0.25) is 0 Å². The molecule has 0 radical (unpaired) electrons. The molecule has 1 atom stereocenters. The van der Waals surface area contributed by atoms with Crippen LogP contribution in [0.25, 0.3) is 0 Å². The Morgan fingerprint density at radius 3 is 1.82 bits per heavy atom. The molecule has 1 N–H and O–H groups in total. The molecule has 0 aromatic carbocycles. The first-order valence-electron chi connectivity index (χ1n) is 9.59. The molecule has 3 heteroatoms. The van der Waals surface area contributed by atoms with Gasteiger partial charge in [0.15, 0.2) is 0 Å². The lowest BCUT2D eigenvalue weighted by atomic mass is 10.1. The van der Waals surface area contributed by atoms with Crippen molar-refractivity contribution >= 4 is 6.41 Å². The van der Waals surface area contributed by atoms with Gasteiger partial charge in [-0.3, -0.25) is 9.69 Å². The number of nitrogens with zero attached hydrogens (tertiary/aromatic N) is 1. The van der Waals surface area contributed by atoms with Crippen molar-refractivity contribution in [2.45, 2.75) is 98.1 Å². The Balaban J connectivity index is 4.39. The minimum atomic E-state index is 0.225. The second-order valence-electron chi connectivity index (χ2n) is 6.93. The molecule has 0 fully saturated rings. The van der Waals surface area contributed by atoms with E-state index in [4.69, 9.17) is 0 Å². The predicted octanol–water partition coefficient (Wildman–Crippen LogP) is 4.96. The third-order valence-corrected chi connectivity index (χ3v) is 4.32. The van der Waals surface area contributed by atoms with E-state index in [1.54, 1.807) is 0 Å². The van der Waals surface area contributed by atoms with E-state index in [0.717, 1.165) is 25.9 Å². The molecule has 0 spiro atoms. The molecule has 0 rings (SSSR count). The van der Waals surface area contributed by atoms with Crippen LogP contribution in [0.1, 0.15) is 91.9 Å². The van der Waals surface area contributed by atoms with E-state index in [-0.39, 0.29) is 6.17 Å². The van der Waals surface area contributed by atoms with Crippen molar-refractivity contribution in [3.8, 4) is 0 Å². The lowest BCUT2D eigenvalue weighted by molar-refractivity contribution is -0.111. The van der Waals surface area contributed by atoms with Gasteiger partial charge in [-0.2, -0.15) is 0 Å². The zero-order valence-electron chi connectivity index (χ0n) is 15.6. The molecule has 0 bridgehead atoms. The second-order valence-corrected chi connectivity index (χ2v) is 6.93. The summed E-state index contributed by atoms with van der Waals surface area (Å²) < 4.78 is 0. The molecule has 1 amide bonds. The quantitative estimate of drug-likeness (QED) is 0.248. The summed E-state index contributed by atoms with van der Waals surface area (Å²) >= 11 is 0. The molecule has 0 saturated heterocycles. The fraction of sp³-hybridized carbons (Fsp3) is 0.947. The number of carbonyl (C=O) groups excluding carboxylic acids is 1. The molecule has 0 aromatic heterocycles. The van der Waals surface area contributed by atoms with Crippen molar-refractivity contribution in [3.63, 3.8) is 0 Å². The lowest BCUT2D eigenvalue weighted by Gasteiger charge is -2.32. The number of hydrogen-bond acceptors (Lipinski definition) is 2. The highest BCUT2D eigenvalue weighted by atomic mass is 16.1. The second kappa shape index (κ2) is 15.3. The van der Waals surface area contributed by atoms with Crippen LogP contribution in [0.4, 0.5) is 0 Å². The number of rotatable bonds is 16. The summed E-state index contributed by atoms with van der Waals surface area (Å²) in [4.78, 5) is 13.5. The maximum absolute atomic E-state index is 11.0. The molecule has 1 unspecified atom stereocenters. The topological polar surface area (TPSA) is 32.3 Å². The van der Waals surface area contributed by atoms with Gasteiger partial charge >= 0.3 is 0 Å². The Morgan fingerprint density at radius 1 is 0.864 bits per heavy atom. The molecular weight excluding hydrogens is 272 g/mol. The first-order chi connectivity index (χ1) is 10.7. The summed E-state index contributed by atoms with van der Waals surface area (Å²) in [6, 6.07) is 0. The van der Waals surface area contributed by atoms with Gasteiger partial charge in [0, 0.05) is 13.1 Å². The number of nitrogens with one attached hydrogen (secondary N) is 1. The maximum Gasteiger partial charge on any atom is 0.208 e. The zero-order valence-corrected chi connectivity index (χ0v) is 15.6. The Kier molecular flexibility index (Phi) is 14.9. The van der Waals surface area contributed by atoms with Gasteiger partial charge in [0.25, 0.3) is 0 Å². The highest BCUT2D eigenvalue weighted by Gasteiger charge is 2.17. The average Bonchev–Trinajstić information content (AvgIpc) is 2.50. The van der Waals surface area contributed by atoms with E-state index in [2.05, 4.69) is 37.9 Å². The van der Waals surface area contributed by atoms with Gasteiger partial charge in [-0.1, -0.05) is 66.2 Å².